The van der Waals surface area contributed by atoms with Gasteiger partial charge in [0, 0.05) is 0 Å². The molecule has 0 fully saturated rings. The molecule has 0 aromatic heterocycles. The molecule has 0 aliphatic rings. The predicted octanol–water partition coefficient (Wildman–Crippen LogP) is 2.47. The maximum Gasteiger partial charge on any atom is 0.211 e. The van der Waals surface area contributed by atoms with Gasteiger partial charge in [-0.2, -0.15) is 0 Å². The Morgan fingerprint density at radius 3 is 2.38 bits per heavy atom. The molecule has 0 spiro atoms. The summed E-state index contributed by atoms with van der Waals surface area (Å²) in [6.07, 6.45) is 1.94. The van der Waals surface area contributed by atoms with Gasteiger partial charge in [0.05, 0.1) is 4.83 Å². The lowest BCUT2D eigenvalue weighted by atomic mass is 10.3. The van der Waals surface area contributed by atoms with E-state index >= 15 is 0 Å². The molecule has 1 atom stereocenters. The van der Waals surface area contributed by atoms with Crippen LogP contribution in [0.2, 0.25) is 0 Å². The summed E-state index contributed by atoms with van der Waals surface area (Å²) in [4.78, 5) is 10.4. The highest BCUT2D eigenvalue weighted by molar-refractivity contribution is 9.20. The number of rotatable bonds is 3. The van der Waals surface area contributed by atoms with E-state index in [1.54, 1.807) is 0 Å². The second-order valence-electron chi connectivity index (χ2n) is 1.56. The number of alkyl halides is 1. The Morgan fingerprint density at radius 1 is 1.75 bits per heavy atom. The highest BCUT2D eigenvalue weighted by atomic mass is 79.9. The van der Waals surface area contributed by atoms with Crippen molar-refractivity contribution in [2.24, 2.45) is 0 Å². The van der Waals surface area contributed by atoms with Crippen molar-refractivity contribution in [3.8, 4) is 0 Å². The summed E-state index contributed by atoms with van der Waals surface area (Å²) in [6, 6.07) is 0. The first-order chi connectivity index (χ1) is 3.68. The number of carbonyl (C=O) groups is 1. The minimum Gasteiger partial charge on any atom is -0.285 e. The van der Waals surface area contributed by atoms with Crippen molar-refractivity contribution >= 4 is 36.6 Å². The van der Waals surface area contributed by atoms with Crippen molar-refractivity contribution in [2.45, 2.75) is 24.6 Å². The van der Waals surface area contributed by atoms with Crippen LogP contribution < -0.4 is 0 Å². The van der Waals surface area contributed by atoms with Gasteiger partial charge in [-0.05, 0) is 22.4 Å². The zero-order valence-corrected chi connectivity index (χ0v) is 7.83. The molecule has 8 heavy (non-hydrogen) atoms. The van der Waals surface area contributed by atoms with Crippen LogP contribution in [0, 0.1) is 0 Å². The molecule has 0 aliphatic carbocycles. The Bertz CT molecular complexity index is 82.5. The monoisotopic (exact) mass is 242 g/mol. The van der Waals surface area contributed by atoms with Crippen molar-refractivity contribution < 1.29 is 4.79 Å². The molecule has 0 amide bonds. The van der Waals surface area contributed by atoms with Crippen LogP contribution in [0.1, 0.15) is 19.8 Å². The van der Waals surface area contributed by atoms with Crippen LogP contribution in [0.4, 0.5) is 0 Å². The fraction of sp³-hybridized carbons (Fsp3) is 0.800. The lowest BCUT2D eigenvalue weighted by molar-refractivity contribution is -0.109. The van der Waals surface area contributed by atoms with Gasteiger partial charge in [-0.3, -0.25) is 4.79 Å². The molecule has 1 unspecified atom stereocenters. The predicted molar refractivity (Wildman–Crippen MR) is 41.6 cm³/mol. The summed E-state index contributed by atoms with van der Waals surface area (Å²) in [5, 5.41) is 0. The van der Waals surface area contributed by atoms with Gasteiger partial charge in [-0.25, -0.2) is 0 Å². The third kappa shape index (κ3) is 3.61. The maximum absolute atomic E-state index is 10.4. The summed E-state index contributed by atoms with van der Waals surface area (Å²) >= 11 is 6.06. The van der Waals surface area contributed by atoms with Crippen LogP contribution in [0.15, 0.2) is 0 Å². The number of carbonyl (C=O) groups excluding carboxylic acids is 1. The maximum atomic E-state index is 10.4. The highest BCUT2D eigenvalue weighted by Gasteiger charge is 2.07. The smallest absolute Gasteiger partial charge is 0.211 e. The molecule has 48 valence electrons. The molecular weight excluding hydrogens is 236 g/mol. The van der Waals surface area contributed by atoms with Gasteiger partial charge in [0.1, 0.15) is 0 Å². The van der Waals surface area contributed by atoms with Crippen LogP contribution in [0.5, 0.6) is 0 Å². The molecule has 0 N–H and O–H groups in total. The fourth-order valence-corrected chi connectivity index (χ4v) is 1.05. The van der Waals surface area contributed by atoms with Crippen LogP contribution in [0.25, 0.3) is 0 Å². The lowest BCUT2D eigenvalue weighted by Crippen LogP contribution is -2.04. The Labute approximate surface area is 66.1 Å². The number of halogens is 2. The van der Waals surface area contributed by atoms with Crippen LogP contribution >= 0.6 is 31.9 Å². The first kappa shape index (κ1) is 8.63. The molecule has 0 saturated heterocycles. The third-order valence-corrected chi connectivity index (χ3v) is 2.83. The van der Waals surface area contributed by atoms with E-state index in [1.165, 1.54) is 0 Å². The van der Waals surface area contributed by atoms with Crippen LogP contribution in [-0.4, -0.2) is 9.52 Å². The van der Waals surface area contributed by atoms with E-state index in [0.717, 1.165) is 12.8 Å². The Morgan fingerprint density at radius 2 is 2.25 bits per heavy atom. The summed E-state index contributed by atoms with van der Waals surface area (Å²) < 4.78 is 0.0411. The van der Waals surface area contributed by atoms with Gasteiger partial charge in [-0.15, -0.1) is 0 Å². The van der Waals surface area contributed by atoms with Crippen molar-refractivity contribution in [1.82, 2.24) is 0 Å². The summed E-state index contributed by atoms with van der Waals surface area (Å²) in [5.74, 6) is 0. The molecule has 0 rings (SSSR count). The van der Waals surface area contributed by atoms with E-state index in [-0.39, 0.29) is 9.52 Å². The molecular formula is C5H8Br2O. The van der Waals surface area contributed by atoms with Gasteiger partial charge in [0.2, 0.25) is 4.69 Å². The quantitative estimate of drug-likeness (QED) is 0.550. The summed E-state index contributed by atoms with van der Waals surface area (Å²) in [6.45, 7) is 2.05. The minimum absolute atomic E-state index is 0.00694. The zero-order chi connectivity index (χ0) is 6.57. The molecule has 0 heterocycles. The first-order valence-electron chi connectivity index (χ1n) is 2.52. The highest BCUT2D eigenvalue weighted by Crippen LogP contribution is 2.11. The summed E-state index contributed by atoms with van der Waals surface area (Å²) in [7, 11) is 0. The number of hydrogen-bond donors (Lipinski definition) is 0. The molecule has 1 nitrogen and oxygen atoms in total. The standard InChI is InChI=1S/C5H8Br2O/c1-2-3-4(6)5(7)8/h4H,2-3H2,1H3. The van der Waals surface area contributed by atoms with E-state index in [4.69, 9.17) is 0 Å². The second-order valence-corrected chi connectivity index (χ2v) is 3.45. The van der Waals surface area contributed by atoms with E-state index in [0.29, 0.717) is 0 Å². The average molecular weight is 244 g/mol. The van der Waals surface area contributed by atoms with Gasteiger partial charge in [-0.1, -0.05) is 29.3 Å². The van der Waals surface area contributed by atoms with Crippen molar-refractivity contribution in [3.63, 3.8) is 0 Å². The Balaban J connectivity index is 3.32. The minimum atomic E-state index is 0.00694. The molecule has 0 aliphatic heterocycles. The van der Waals surface area contributed by atoms with E-state index in [2.05, 4.69) is 31.9 Å². The number of hydrogen-bond acceptors (Lipinski definition) is 1. The topological polar surface area (TPSA) is 17.1 Å². The van der Waals surface area contributed by atoms with E-state index in [1.807, 2.05) is 6.92 Å². The Hall–Kier alpha value is 0.630. The lowest BCUT2D eigenvalue weighted by Gasteiger charge is -1.98. The van der Waals surface area contributed by atoms with Crippen molar-refractivity contribution in [1.29, 1.82) is 0 Å². The van der Waals surface area contributed by atoms with E-state index in [9.17, 15) is 4.79 Å². The first-order valence-corrected chi connectivity index (χ1v) is 4.22. The zero-order valence-electron chi connectivity index (χ0n) is 4.66. The van der Waals surface area contributed by atoms with E-state index < -0.39 is 0 Å². The van der Waals surface area contributed by atoms with Crippen molar-refractivity contribution in [3.05, 3.63) is 0 Å². The molecule has 0 saturated carbocycles. The third-order valence-electron chi connectivity index (χ3n) is 0.788. The van der Waals surface area contributed by atoms with Gasteiger partial charge < -0.3 is 0 Å². The molecule has 0 aromatic rings. The van der Waals surface area contributed by atoms with Gasteiger partial charge in [0.25, 0.3) is 0 Å². The second kappa shape index (κ2) is 4.50. The summed E-state index contributed by atoms with van der Waals surface area (Å²) in [5.41, 5.74) is 0. The molecule has 0 radical (unpaired) electrons. The van der Waals surface area contributed by atoms with Crippen LogP contribution in [-0.2, 0) is 4.79 Å². The normalized spacial score (nSPS) is 13.4. The Kier molecular flexibility index (Phi) is 4.86. The largest absolute Gasteiger partial charge is 0.285 e. The van der Waals surface area contributed by atoms with Crippen molar-refractivity contribution in [2.75, 3.05) is 0 Å². The van der Waals surface area contributed by atoms with Gasteiger partial charge in [0.15, 0.2) is 0 Å². The molecule has 0 aromatic carbocycles. The SMILES string of the molecule is CCCC(Br)C(=O)Br. The van der Waals surface area contributed by atoms with Gasteiger partial charge >= 0.3 is 0 Å². The van der Waals surface area contributed by atoms with Crippen LogP contribution in [0.3, 0.4) is 0 Å². The fourth-order valence-electron chi connectivity index (χ4n) is 0.367. The molecule has 3 heteroatoms. The average Bonchev–Trinajstić information content (AvgIpc) is 1.67. The molecule has 0 bridgehead atoms.